The van der Waals surface area contributed by atoms with Crippen molar-refractivity contribution in [2.75, 3.05) is 5.32 Å². The van der Waals surface area contributed by atoms with E-state index in [9.17, 15) is 4.79 Å². The van der Waals surface area contributed by atoms with E-state index in [1.165, 1.54) is 0 Å². The highest BCUT2D eigenvalue weighted by molar-refractivity contribution is 9.08. The Morgan fingerprint density at radius 1 is 1.05 bits per heavy atom. The van der Waals surface area contributed by atoms with Gasteiger partial charge in [-0.05, 0) is 35.9 Å². The molecule has 0 bridgehead atoms. The van der Waals surface area contributed by atoms with E-state index >= 15 is 0 Å². The van der Waals surface area contributed by atoms with Gasteiger partial charge in [-0.25, -0.2) is 0 Å². The van der Waals surface area contributed by atoms with E-state index in [0.717, 1.165) is 10.9 Å². The molecule has 0 aliphatic carbocycles. The van der Waals surface area contributed by atoms with Gasteiger partial charge in [-0.2, -0.15) is 0 Å². The SMILES string of the molecule is O=C(Nc1ccc(Cl)c(Cl)c1)c1ccc(CBr)cc1. The van der Waals surface area contributed by atoms with Crippen LogP contribution in [-0.2, 0) is 5.33 Å². The highest BCUT2D eigenvalue weighted by Gasteiger charge is 2.07. The zero-order valence-corrected chi connectivity index (χ0v) is 12.9. The van der Waals surface area contributed by atoms with Gasteiger partial charge < -0.3 is 5.32 Å². The van der Waals surface area contributed by atoms with Gasteiger partial charge in [-0.3, -0.25) is 4.79 Å². The van der Waals surface area contributed by atoms with Crippen LogP contribution in [0.2, 0.25) is 10.0 Å². The number of amides is 1. The molecule has 0 heterocycles. The maximum Gasteiger partial charge on any atom is 0.255 e. The summed E-state index contributed by atoms with van der Waals surface area (Å²) in [6, 6.07) is 12.3. The molecule has 0 radical (unpaired) electrons. The van der Waals surface area contributed by atoms with Crippen molar-refractivity contribution >= 4 is 50.7 Å². The van der Waals surface area contributed by atoms with Gasteiger partial charge in [0.15, 0.2) is 0 Å². The maximum atomic E-state index is 12.0. The Kier molecular flexibility index (Phi) is 4.86. The van der Waals surface area contributed by atoms with Crippen molar-refractivity contribution < 1.29 is 4.79 Å². The summed E-state index contributed by atoms with van der Waals surface area (Å²) in [5.41, 5.74) is 2.32. The smallest absolute Gasteiger partial charge is 0.255 e. The lowest BCUT2D eigenvalue weighted by molar-refractivity contribution is 0.102. The van der Waals surface area contributed by atoms with Crippen LogP contribution >= 0.6 is 39.1 Å². The normalized spacial score (nSPS) is 10.3. The van der Waals surface area contributed by atoms with E-state index in [-0.39, 0.29) is 5.91 Å². The fourth-order valence-corrected chi connectivity index (χ4v) is 2.19. The summed E-state index contributed by atoms with van der Waals surface area (Å²) in [6.07, 6.45) is 0. The van der Waals surface area contributed by atoms with Crippen LogP contribution in [0.15, 0.2) is 42.5 Å². The summed E-state index contributed by atoms with van der Waals surface area (Å²) in [4.78, 5) is 12.0. The van der Waals surface area contributed by atoms with Crippen molar-refractivity contribution in [3.05, 3.63) is 63.6 Å². The summed E-state index contributed by atoms with van der Waals surface area (Å²) < 4.78 is 0. The second-order valence-corrected chi connectivity index (χ2v) is 5.29. The van der Waals surface area contributed by atoms with Crippen LogP contribution in [0.1, 0.15) is 15.9 Å². The summed E-state index contributed by atoms with van der Waals surface area (Å²) in [6.45, 7) is 0. The highest BCUT2D eigenvalue weighted by atomic mass is 79.9. The van der Waals surface area contributed by atoms with Crippen LogP contribution in [0.3, 0.4) is 0 Å². The second kappa shape index (κ2) is 6.42. The molecule has 0 aliphatic heterocycles. The predicted molar refractivity (Wildman–Crippen MR) is 83.5 cm³/mol. The van der Waals surface area contributed by atoms with Crippen LogP contribution in [0.4, 0.5) is 5.69 Å². The number of carbonyl (C=O) groups is 1. The number of anilines is 1. The van der Waals surface area contributed by atoms with Gasteiger partial charge in [-0.15, -0.1) is 0 Å². The third-order valence-corrected chi connectivity index (χ3v) is 3.93. The zero-order chi connectivity index (χ0) is 13.8. The molecule has 1 N–H and O–H groups in total. The summed E-state index contributed by atoms with van der Waals surface area (Å²) >= 11 is 15.1. The molecule has 98 valence electrons. The molecule has 0 aliphatic rings. The topological polar surface area (TPSA) is 29.1 Å². The molecule has 1 amide bonds. The Morgan fingerprint density at radius 3 is 2.32 bits per heavy atom. The zero-order valence-electron chi connectivity index (χ0n) is 9.79. The van der Waals surface area contributed by atoms with Crippen molar-refractivity contribution in [3.63, 3.8) is 0 Å². The molecule has 0 atom stereocenters. The van der Waals surface area contributed by atoms with Gasteiger partial charge in [0.2, 0.25) is 0 Å². The van der Waals surface area contributed by atoms with E-state index in [0.29, 0.717) is 21.3 Å². The molecule has 0 aromatic heterocycles. The third-order valence-electron chi connectivity index (χ3n) is 2.55. The lowest BCUT2D eigenvalue weighted by Gasteiger charge is -2.06. The first-order valence-electron chi connectivity index (χ1n) is 5.51. The van der Waals surface area contributed by atoms with Gasteiger partial charge in [0.1, 0.15) is 0 Å². The molecule has 2 aromatic carbocycles. The lowest BCUT2D eigenvalue weighted by Crippen LogP contribution is -2.11. The Hall–Kier alpha value is -1.03. The Balaban J connectivity index is 2.13. The standard InChI is InChI=1S/C14H10BrCl2NO/c15-8-9-1-3-10(4-2-9)14(19)18-11-5-6-12(16)13(17)7-11/h1-7H,8H2,(H,18,19). The molecule has 0 unspecified atom stereocenters. The maximum absolute atomic E-state index is 12.0. The minimum Gasteiger partial charge on any atom is -0.322 e. The molecule has 5 heteroatoms. The van der Waals surface area contributed by atoms with Crippen molar-refractivity contribution in [1.29, 1.82) is 0 Å². The number of carbonyl (C=O) groups excluding carboxylic acids is 1. The number of hydrogen-bond acceptors (Lipinski definition) is 1. The molecular formula is C14H10BrCl2NO. The predicted octanol–water partition coefficient (Wildman–Crippen LogP) is 5.14. The number of nitrogens with one attached hydrogen (secondary N) is 1. The fraction of sp³-hybridized carbons (Fsp3) is 0.0714. The van der Waals surface area contributed by atoms with E-state index in [1.54, 1.807) is 30.3 Å². The third kappa shape index (κ3) is 3.72. The minimum atomic E-state index is -0.181. The van der Waals surface area contributed by atoms with Gasteiger partial charge in [-0.1, -0.05) is 51.3 Å². The van der Waals surface area contributed by atoms with Crippen LogP contribution in [0, 0.1) is 0 Å². The van der Waals surface area contributed by atoms with Crippen LogP contribution in [0.5, 0.6) is 0 Å². The molecule has 0 fully saturated rings. The Morgan fingerprint density at radius 2 is 1.74 bits per heavy atom. The molecule has 2 aromatic rings. The van der Waals surface area contributed by atoms with E-state index in [1.807, 2.05) is 12.1 Å². The number of benzene rings is 2. The van der Waals surface area contributed by atoms with Gasteiger partial charge >= 0.3 is 0 Å². The number of rotatable bonds is 3. The summed E-state index contributed by atoms with van der Waals surface area (Å²) in [5, 5.41) is 4.41. The summed E-state index contributed by atoms with van der Waals surface area (Å²) in [5.74, 6) is -0.181. The largest absolute Gasteiger partial charge is 0.322 e. The van der Waals surface area contributed by atoms with Gasteiger partial charge in [0.05, 0.1) is 10.0 Å². The van der Waals surface area contributed by atoms with Crippen LogP contribution < -0.4 is 5.32 Å². The van der Waals surface area contributed by atoms with Crippen molar-refractivity contribution in [2.45, 2.75) is 5.33 Å². The van der Waals surface area contributed by atoms with Crippen molar-refractivity contribution in [3.8, 4) is 0 Å². The first-order valence-corrected chi connectivity index (χ1v) is 7.39. The average Bonchev–Trinajstić information content (AvgIpc) is 2.43. The highest BCUT2D eigenvalue weighted by Crippen LogP contribution is 2.25. The molecule has 19 heavy (non-hydrogen) atoms. The number of alkyl halides is 1. The molecular weight excluding hydrogens is 349 g/mol. The van der Waals surface area contributed by atoms with E-state index in [4.69, 9.17) is 23.2 Å². The Bertz CT molecular complexity index is 599. The second-order valence-electron chi connectivity index (χ2n) is 3.91. The molecule has 0 saturated carbocycles. The monoisotopic (exact) mass is 357 g/mol. The van der Waals surface area contributed by atoms with Gasteiger partial charge in [0.25, 0.3) is 5.91 Å². The first kappa shape index (κ1) is 14.4. The quantitative estimate of drug-likeness (QED) is 0.756. The lowest BCUT2D eigenvalue weighted by atomic mass is 10.1. The van der Waals surface area contributed by atoms with E-state index < -0.39 is 0 Å². The van der Waals surface area contributed by atoms with Crippen LogP contribution in [-0.4, -0.2) is 5.91 Å². The average molecular weight is 359 g/mol. The van der Waals surface area contributed by atoms with Crippen molar-refractivity contribution in [2.24, 2.45) is 0 Å². The van der Waals surface area contributed by atoms with E-state index in [2.05, 4.69) is 21.2 Å². The molecule has 2 nitrogen and oxygen atoms in total. The number of hydrogen-bond donors (Lipinski definition) is 1. The fourth-order valence-electron chi connectivity index (χ4n) is 1.52. The summed E-state index contributed by atoms with van der Waals surface area (Å²) in [7, 11) is 0. The minimum absolute atomic E-state index is 0.181. The van der Waals surface area contributed by atoms with Gasteiger partial charge in [0, 0.05) is 16.6 Å². The molecule has 0 saturated heterocycles. The van der Waals surface area contributed by atoms with Crippen LogP contribution in [0.25, 0.3) is 0 Å². The number of halogens is 3. The van der Waals surface area contributed by atoms with Crippen molar-refractivity contribution in [1.82, 2.24) is 0 Å². The Labute approximate surface area is 129 Å². The molecule has 2 rings (SSSR count). The first-order chi connectivity index (χ1) is 9.10. The molecule has 0 spiro atoms.